The van der Waals surface area contributed by atoms with Gasteiger partial charge < -0.3 is 0 Å². The van der Waals surface area contributed by atoms with E-state index in [4.69, 9.17) is 9.47 Å². The van der Waals surface area contributed by atoms with Crippen molar-refractivity contribution in [1.29, 1.82) is 0 Å². The van der Waals surface area contributed by atoms with E-state index in [2.05, 4.69) is 0 Å². The molecule has 2 aromatic carbocycles. The summed E-state index contributed by atoms with van der Waals surface area (Å²) in [6, 6.07) is 9.33. The molecule has 176 valence electrons. The van der Waals surface area contributed by atoms with Crippen LogP contribution in [0, 0.1) is 7.14 Å². The monoisotopic (exact) mass is 574 g/mol. The fraction of sp³-hybridized carbons (Fsp3) is 0.429. The summed E-state index contributed by atoms with van der Waals surface area (Å²) in [5.74, 6) is 0.587. The van der Waals surface area contributed by atoms with Gasteiger partial charge in [-0.1, -0.05) is 0 Å². The van der Waals surface area contributed by atoms with Crippen LogP contribution in [0.15, 0.2) is 48.5 Å². The number of hydrogen-bond donors (Lipinski definition) is 0. The summed E-state index contributed by atoms with van der Waals surface area (Å²) >= 11 is -6.45. The van der Waals surface area contributed by atoms with Crippen molar-refractivity contribution in [2.24, 2.45) is 0 Å². The van der Waals surface area contributed by atoms with E-state index in [9.17, 15) is 21.8 Å². The average molecular weight is 574 g/mol. The van der Waals surface area contributed by atoms with Crippen LogP contribution in [-0.2, 0) is 10.1 Å². The zero-order valence-electron chi connectivity index (χ0n) is 18.1. The molecule has 2 rings (SSSR count). The van der Waals surface area contributed by atoms with Crippen LogP contribution in [0.5, 0.6) is 11.5 Å². The molecular formula is C21H26F3IO5S-2. The van der Waals surface area contributed by atoms with Gasteiger partial charge in [-0.25, -0.2) is 0 Å². The fourth-order valence-electron chi connectivity index (χ4n) is 2.57. The van der Waals surface area contributed by atoms with Crippen molar-refractivity contribution < 1.29 is 53.1 Å². The van der Waals surface area contributed by atoms with Gasteiger partial charge in [0.15, 0.2) is 0 Å². The molecule has 0 aliphatic heterocycles. The van der Waals surface area contributed by atoms with E-state index in [-0.39, 0.29) is 0 Å². The first-order valence-corrected chi connectivity index (χ1v) is 14.7. The molecule has 5 nitrogen and oxygen atoms in total. The van der Waals surface area contributed by atoms with E-state index in [0.717, 1.165) is 24.3 Å². The maximum atomic E-state index is 16.2. The van der Waals surface area contributed by atoms with Crippen LogP contribution < -0.4 is 28.5 Å². The average Bonchev–Trinajstić information content (AvgIpc) is 2.58. The standard InChI is InChI=1S/C21H27F3IO5S/c1-19(2,3)29-17-11-7-15(8-12-17)25(24,21(22,23)31(26,27)28)16-9-13-18(14-10-16)30-20(4,5)6/h7-14H,1-6H3,(H,26,27,28)/q-1/p-1. The summed E-state index contributed by atoms with van der Waals surface area (Å²) in [4.78, 5) is 0. The number of hydrogen-bond acceptors (Lipinski definition) is 5. The Hall–Kier alpha value is -1.53. The van der Waals surface area contributed by atoms with Crippen molar-refractivity contribution in [2.75, 3.05) is 0 Å². The van der Waals surface area contributed by atoms with Crippen LogP contribution in [0.3, 0.4) is 0 Å². The van der Waals surface area contributed by atoms with Crippen molar-refractivity contribution >= 4 is 10.1 Å². The Morgan fingerprint density at radius 3 is 1.26 bits per heavy atom. The summed E-state index contributed by atoms with van der Waals surface area (Å²) in [7, 11) is -6.28. The molecule has 0 saturated carbocycles. The van der Waals surface area contributed by atoms with Crippen LogP contribution in [0.1, 0.15) is 41.5 Å². The molecule has 0 aliphatic rings. The van der Waals surface area contributed by atoms with E-state index < -0.39 is 50.7 Å². The molecule has 31 heavy (non-hydrogen) atoms. The van der Waals surface area contributed by atoms with Crippen molar-refractivity contribution in [3.05, 3.63) is 55.7 Å². The second-order valence-corrected chi connectivity index (χ2v) is 17.6. The molecule has 0 saturated heterocycles. The summed E-state index contributed by atoms with van der Waals surface area (Å²) in [5, 5.41) is 0. The van der Waals surface area contributed by atoms with Gasteiger partial charge in [-0.15, -0.1) is 0 Å². The Labute approximate surface area is 186 Å². The van der Waals surface area contributed by atoms with Crippen LogP contribution in [0.4, 0.5) is 11.6 Å². The summed E-state index contributed by atoms with van der Waals surface area (Å²) in [6.07, 6.45) is 0. The number of rotatable bonds is 6. The van der Waals surface area contributed by atoms with Gasteiger partial charge in [0.25, 0.3) is 0 Å². The van der Waals surface area contributed by atoms with E-state index in [0.29, 0.717) is 11.5 Å². The van der Waals surface area contributed by atoms with Crippen LogP contribution in [0.25, 0.3) is 0 Å². The summed E-state index contributed by atoms with van der Waals surface area (Å²) in [6.45, 7) is 10.6. The minimum atomic E-state index is -6.45. The van der Waals surface area contributed by atoms with Gasteiger partial charge in [0, 0.05) is 0 Å². The molecule has 0 spiro atoms. The topological polar surface area (TPSA) is 75.7 Å². The van der Waals surface area contributed by atoms with Crippen LogP contribution >= 0.6 is 0 Å². The van der Waals surface area contributed by atoms with Gasteiger partial charge in [0.1, 0.15) is 0 Å². The molecule has 2 aromatic rings. The van der Waals surface area contributed by atoms with Gasteiger partial charge >= 0.3 is 186 Å². The SMILES string of the molecule is CC(C)(C)Oc1ccc([I-](F)(c2ccc(OC(C)(C)C)cc2)C(F)(F)S(=O)(=O)[O-])cc1. The fourth-order valence-corrected chi connectivity index (χ4v) is 11.1. The number of halogens is 4. The Bertz CT molecular complexity index is 949. The summed E-state index contributed by atoms with van der Waals surface area (Å²) in [5.41, 5.74) is -1.17. The second kappa shape index (κ2) is 8.43. The quantitative estimate of drug-likeness (QED) is 0.301. The Morgan fingerprint density at radius 1 is 0.742 bits per heavy atom. The van der Waals surface area contributed by atoms with Gasteiger partial charge in [-0.05, 0) is 0 Å². The molecule has 0 amide bonds. The Morgan fingerprint density at radius 2 is 1.03 bits per heavy atom. The number of ether oxygens (including phenoxy) is 2. The third-order valence-corrected chi connectivity index (χ3v) is 13.9. The summed E-state index contributed by atoms with van der Waals surface area (Å²) < 4.78 is 85.2. The molecule has 0 atom stereocenters. The molecule has 0 radical (unpaired) electrons. The van der Waals surface area contributed by atoms with Gasteiger partial charge in [-0.3, -0.25) is 0 Å². The molecule has 0 bridgehead atoms. The van der Waals surface area contributed by atoms with Crippen molar-refractivity contribution in [3.8, 4) is 11.5 Å². The molecule has 10 heteroatoms. The predicted octanol–water partition coefficient (Wildman–Crippen LogP) is 2.22. The van der Waals surface area contributed by atoms with E-state index >= 15 is 2.86 Å². The first-order chi connectivity index (χ1) is 13.9. The predicted molar refractivity (Wildman–Crippen MR) is 107 cm³/mol. The van der Waals surface area contributed by atoms with E-state index in [1.165, 1.54) is 24.3 Å². The van der Waals surface area contributed by atoms with Crippen LogP contribution in [0.2, 0.25) is 0 Å². The van der Waals surface area contributed by atoms with E-state index in [1.807, 2.05) is 0 Å². The first-order valence-electron chi connectivity index (χ1n) is 9.25. The third-order valence-electron chi connectivity index (χ3n) is 3.66. The normalized spacial score (nSPS) is 14.3. The van der Waals surface area contributed by atoms with Gasteiger partial charge in [0.2, 0.25) is 0 Å². The van der Waals surface area contributed by atoms with Gasteiger partial charge in [-0.2, -0.15) is 0 Å². The van der Waals surface area contributed by atoms with Crippen molar-refractivity contribution in [2.45, 2.75) is 56.0 Å². The Balaban J connectivity index is 2.61. The number of benzene rings is 2. The second-order valence-electron chi connectivity index (χ2n) is 8.73. The molecule has 0 fully saturated rings. The molecule has 0 aliphatic carbocycles. The molecule has 0 aromatic heterocycles. The van der Waals surface area contributed by atoms with E-state index in [1.54, 1.807) is 41.5 Å². The molecule has 0 unspecified atom stereocenters. The van der Waals surface area contributed by atoms with Gasteiger partial charge in [0.05, 0.1) is 0 Å². The maximum absolute atomic E-state index is 16.2. The molecular weight excluding hydrogens is 548 g/mol. The third kappa shape index (κ3) is 5.83. The molecule has 0 N–H and O–H groups in total. The van der Waals surface area contributed by atoms with Crippen molar-refractivity contribution in [3.63, 3.8) is 0 Å². The van der Waals surface area contributed by atoms with Crippen molar-refractivity contribution in [1.82, 2.24) is 0 Å². The zero-order valence-corrected chi connectivity index (χ0v) is 21.1. The number of alkyl halides is 3. The minimum absolute atomic E-state index is 0.293. The Kier molecular flexibility index (Phi) is 7.00. The van der Waals surface area contributed by atoms with Crippen LogP contribution in [-0.4, -0.2) is 27.4 Å². The molecule has 0 heterocycles. The first kappa shape index (κ1) is 25.7. The zero-order chi connectivity index (χ0) is 23.9.